The Labute approximate surface area is 187 Å². The standard InChI is InChI=1S/C24H28N2O6/c1-25(2)12-6-13-26-22(16-8-11-19(30-3)20(15-16)31-4)21(23(28)24(26)29)18(27)10-9-17-7-5-14-32-17/h5,7-11,14-15,22,28H,6,12-13H2,1-4H3. The molecule has 2 aromatic rings. The van der Waals surface area contributed by atoms with E-state index in [2.05, 4.69) is 0 Å². The molecule has 0 bridgehead atoms. The number of carbonyl (C=O) groups is 2. The van der Waals surface area contributed by atoms with Crippen LogP contribution in [0.3, 0.4) is 0 Å². The maximum atomic E-state index is 13.1. The van der Waals surface area contributed by atoms with Crippen LogP contribution >= 0.6 is 0 Å². The van der Waals surface area contributed by atoms with Gasteiger partial charge in [0.1, 0.15) is 5.76 Å². The molecule has 2 heterocycles. The van der Waals surface area contributed by atoms with E-state index in [1.807, 2.05) is 19.0 Å². The van der Waals surface area contributed by atoms with E-state index in [4.69, 9.17) is 13.9 Å². The quantitative estimate of drug-likeness (QED) is 0.567. The first kappa shape index (κ1) is 23.1. The number of benzene rings is 1. The van der Waals surface area contributed by atoms with Crippen molar-refractivity contribution in [2.45, 2.75) is 12.5 Å². The van der Waals surface area contributed by atoms with E-state index in [1.54, 1.807) is 30.3 Å². The summed E-state index contributed by atoms with van der Waals surface area (Å²) in [6.45, 7) is 1.13. The lowest BCUT2D eigenvalue weighted by atomic mass is 9.95. The van der Waals surface area contributed by atoms with E-state index >= 15 is 0 Å². The third kappa shape index (κ3) is 4.86. The number of ketones is 1. The predicted molar refractivity (Wildman–Crippen MR) is 120 cm³/mol. The van der Waals surface area contributed by atoms with Crippen LogP contribution in [0, 0.1) is 0 Å². The van der Waals surface area contributed by atoms with Crippen molar-refractivity contribution >= 4 is 17.8 Å². The summed E-state index contributed by atoms with van der Waals surface area (Å²) in [7, 11) is 6.94. The molecule has 0 aliphatic carbocycles. The normalized spacial score (nSPS) is 16.5. The van der Waals surface area contributed by atoms with Gasteiger partial charge < -0.3 is 28.8 Å². The highest BCUT2D eigenvalue weighted by Crippen LogP contribution is 2.41. The van der Waals surface area contributed by atoms with Crippen molar-refractivity contribution < 1.29 is 28.6 Å². The molecule has 8 heteroatoms. The van der Waals surface area contributed by atoms with Gasteiger partial charge in [-0.3, -0.25) is 9.59 Å². The molecule has 1 aromatic carbocycles. The van der Waals surface area contributed by atoms with E-state index in [-0.39, 0.29) is 5.57 Å². The molecule has 1 aliphatic rings. The molecule has 0 spiro atoms. The zero-order valence-electron chi connectivity index (χ0n) is 18.7. The number of ether oxygens (including phenoxy) is 2. The molecule has 0 saturated carbocycles. The highest BCUT2D eigenvalue weighted by atomic mass is 16.5. The van der Waals surface area contributed by atoms with Gasteiger partial charge in [0.05, 0.1) is 32.1 Å². The van der Waals surface area contributed by atoms with Crippen LogP contribution in [0.4, 0.5) is 0 Å². The van der Waals surface area contributed by atoms with Crippen LogP contribution in [0.1, 0.15) is 23.8 Å². The van der Waals surface area contributed by atoms with Crippen LogP contribution in [-0.2, 0) is 9.59 Å². The number of aliphatic hydroxyl groups is 1. The number of furan rings is 1. The summed E-state index contributed by atoms with van der Waals surface area (Å²) in [5, 5.41) is 10.7. The molecular formula is C24H28N2O6. The van der Waals surface area contributed by atoms with Crippen LogP contribution in [0.25, 0.3) is 6.08 Å². The average Bonchev–Trinajstić information content (AvgIpc) is 3.39. The molecule has 1 aromatic heterocycles. The van der Waals surface area contributed by atoms with Gasteiger partial charge in [-0.15, -0.1) is 0 Å². The number of rotatable bonds is 10. The van der Waals surface area contributed by atoms with Crippen molar-refractivity contribution in [3.63, 3.8) is 0 Å². The van der Waals surface area contributed by atoms with Gasteiger partial charge in [0.2, 0.25) is 0 Å². The zero-order chi connectivity index (χ0) is 23.3. The molecule has 0 fully saturated rings. The molecular weight excluding hydrogens is 412 g/mol. The molecule has 1 atom stereocenters. The van der Waals surface area contributed by atoms with Crippen LogP contribution in [0.2, 0.25) is 0 Å². The molecule has 1 amide bonds. The Bertz CT molecular complexity index is 1020. The van der Waals surface area contributed by atoms with Crippen LogP contribution in [0.5, 0.6) is 11.5 Å². The summed E-state index contributed by atoms with van der Waals surface area (Å²) in [5.74, 6) is -0.0917. The number of hydrogen-bond acceptors (Lipinski definition) is 7. The fraction of sp³-hybridized carbons (Fsp3) is 0.333. The number of carbonyl (C=O) groups excluding carboxylic acids is 2. The molecule has 0 radical (unpaired) electrons. The Morgan fingerprint density at radius 3 is 2.59 bits per heavy atom. The minimum absolute atomic E-state index is 0.0230. The highest BCUT2D eigenvalue weighted by Gasteiger charge is 2.42. The zero-order valence-corrected chi connectivity index (χ0v) is 18.7. The Kier molecular flexibility index (Phi) is 7.37. The Balaban J connectivity index is 2.00. The topological polar surface area (TPSA) is 92.5 Å². The smallest absolute Gasteiger partial charge is 0.290 e. The first-order chi connectivity index (χ1) is 15.4. The molecule has 32 heavy (non-hydrogen) atoms. The Hall–Kier alpha value is -3.52. The second-order valence-corrected chi connectivity index (χ2v) is 7.65. The predicted octanol–water partition coefficient (Wildman–Crippen LogP) is 3.23. The number of amides is 1. The number of nitrogens with zero attached hydrogens (tertiary/aromatic N) is 2. The maximum absolute atomic E-state index is 13.1. The van der Waals surface area contributed by atoms with Crippen LogP contribution in [0.15, 0.2) is 58.4 Å². The molecule has 1 unspecified atom stereocenters. The Morgan fingerprint density at radius 2 is 1.97 bits per heavy atom. The lowest BCUT2D eigenvalue weighted by Crippen LogP contribution is -2.33. The summed E-state index contributed by atoms with van der Waals surface area (Å²) in [6.07, 6.45) is 4.99. The molecule has 170 valence electrons. The van der Waals surface area contributed by atoms with Gasteiger partial charge in [-0.05, 0) is 69.0 Å². The largest absolute Gasteiger partial charge is 0.503 e. The van der Waals surface area contributed by atoms with Gasteiger partial charge in [-0.1, -0.05) is 6.07 Å². The second kappa shape index (κ2) is 10.2. The van der Waals surface area contributed by atoms with Crippen LogP contribution in [-0.4, -0.2) is 68.0 Å². The second-order valence-electron chi connectivity index (χ2n) is 7.65. The van der Waals surface area contributed by atoms with Crippen molar-refractivity contribution in [2.24, 2.45) is 0 Å². The van der Waals surface area contributed by atoms with Crippen molar-refractivity contribution in [1.82, 2.24) is 9.80 Å². The minimum atomic E-state index is -0.752. The highest BCUT2D eigenvalue weighted by molar-refractivity contribution is 6.14. The van der Waals surface area contributed by atoms with Gasteiger partial charge in [-0.25, -0.2) is 0 Å². The minimum Gasteiger partial charge on any atom is -0.503 e. The Morgan fingerprint density at radius 1 is 1.22 bits per heavy atom. The van der Waals surface area contributed by atoms with E-state index in [0.29, 0.717) is 35.8 Å². The summed E-state index contributed by atoms with van der Waals surface area (Å²) in [6, 6.07) is 7.86. The summed E-state index contributed by atoms with van der Waals surface area (Å²) >= 11 is 0. The maximum Gasteiger partial charge on any atom is 0.290 e. The van der Waals surface area contributed by atoms with E-state index in [0.717, 1.165) is 6.54 Å². The molecule has 0 saturated heterocycles. The fourth-order valence-corrected chi connectivity index (χ4v) is 3.70. The van der Waals surface area contributed by atoms with Crippen molar-refractivity contribution in [3.05, 3.63) is 65.3 Å². The van der Waals surface area contributed by atoms with E-state index < -0.39 is 23.5 Å². The monoisotopic (exact) mass is 440 g/mol. The first-order valence-electron chi connectivity index (χ1n) is 10.2. The number of allylic oxidation sites excluding steroid dienone is 1. The van der Waals surface area contributed by atoms with Crippen molar-refractivity contribution in [1.29, 1.82) is 0 Å². The van der Waals surface area contributed by atoms with Gasteiger partial charge in [0, 0.05) is 6.54 Å². The third-order valence-electron chi connectivity index (χ3n) is 5.24. The lowest BCUT2D eigenvalue weighted by molar-refractivity contribution is -0.129. The van der Waals surface area contributed by atoms with Gasteiger partial charge in [-0.2, -0.15) is 0 Å². The van der Waals surface area contributed by atoms with E-state index in [1.165, 1.54) is 37.5 Å². The van der Waals surface area contributed by atoms with Gasteiger partial charge >= 0.3 is 0 Å². The van der Waals surface area contributed by atoms with Gasteiger partial charge in [0.25, 0.3) is 5.91 Å². The molecule has 1 N–H and O–H groups in total. The number of hydrogen-bond donors (Lipinski definition) is 1. The lowest BCUT2D eigenvalue weighted by Gasteiger charge is -2.27. The fourth-order valence-electron chi connectivity index (χ4n) is 3.70. The summed E-state index contributed by atoms with van der Waals surface area (Å²) in [5.41, 5.74) is 0.662. The summed E-state index contributed by atoms with van der Waals surface area (Å²) < 4.78 is 15.9. The first-order valence-corrected chi connectivity index (χ1v) is 10.2. The van der Waals surface area contributed by atoms with E-state index in [9.17, 15) is 14.7 Å². The third-order valence-corrected chi connectivity index (χ3v) is 5.24. The van der Waals surface area contributed by atoms with Crippen molar-refractivity contribution in [3.8, 4) is 11.5 Å². The molecule has 1 aliphatic heterocycles. The summed E-state index contributed by atoms with van der Waals surface area (Å²) in [4.78, 5) is 29.6. The molecule has 8 nitrogen and oxygen atoms in total. The molecule has 3 rings (SSSR count). The van der Waals surface area contributed by atoms with Crippen molar-refractivity contribution in [2.75, 3.05) is 41.4 Å². The number of aliphatic hydroxyl groups excluding tert-OH is 1. The van der Waals surface area contributed by atoms with Crippen LogP contribution < -0.4 is 9.47 Å². The average molecular weight is 440 g/mol. The van der Waals surface area contributed by atoms with Gasteiger partial charge in [0.15, 0.2) is 23.0 Å². The number of methoxy groups -OCH3 is 2. The SMILES string of the molecule is COc1ccc(C2C(C(=O)C=Cc3ccco3)=C(O)C(=O)N2CCCN(C)C)cc1OC.